The Balaban J connectivity index is 1.73. The van der Waals surface area contributed by atoms with Crippen LogP contribution in [0.1, 0.15) is 82.2 Å². The van der Waals surface area contributed by atoms with Crippen LogP contribution in [-0.4, -0.2) is 43.6 Å². The molecule has 1 saturated heterocycles. The van der Waals surface area contributed by atoms with Gasteiger partial charge in [-0.1, -0.05) is 39.3 Å². The second kappa shape index (κ2) is 11.7. The Kier molecular flexibility index (Phi) is 8.72. The lowest BCUT2D eigenvalue weighted by molar-refractivity contribution is -0.137. The lowest BCUT2D eigenvalue weighted by Gasteiger charge is -2.36. The van der Waals surface area contributed by atoms with Crippen molar-refractivity contribution in [2.24, 2.45) is 11.3 Å². The van der Waals surface area contributed by atoms with Gasteiger partial charge in [-0.3, -0.25) is 9.69 Å². The summed E-state index contributed by atoms with van der Waals surface area (Å²) in [5.41, 5.74) is 3.72. The molecular formula is C33H41F3N2O4. The third-order valence-corrected chi connectivity index (χ3v) is 8.40. The Labute approximate surface area is 246 Å². The molecule has 0 aromatic heterocycles. The van der Waals surface area contributed by atoms with Crippen molar-refractivity contribution in [2.75, 3.05) is 25.6 Å². The van der Waals surface area contributed by atoms with Crippen molar-refractivity contribution in [1.29, 1.82) is 0 Å². The van der Waals surface area contributed by atoms with Crippen molar-refractivity contribution in [3.63, 3.8) is 0 Å². The number of halogens is 3. The van der Waals surface area contributed by atoms with Gasteiger partial charge in [0.25, 0.3) is 0 Å². The lowest BCUT2D eigenvalue weighted by Crippen LogP contribution is -2.35. The molecular weight excluding hydrogens is 545 g/mol. The van der Waals surface area contributed by atoms with E-state index in [1.54, 1.807) is 36.9 Å². The molecule has 42 heavy (non-hydrogen) atoms. The molecule has 0 radical (unpaired) electrons. The van der Waals surface area contributed by atoms with Crippen LogP contribution in [0, 0.1) is 18.3 Å². The molecule has 1 aliphatic heterocycles. The van der Waals surface area contributed by atoms with E-state index in [9.17, 15) is 22.8 Å². The SMILES string of the molecule is COc1ccc(N(C)C(=O)C(C)C)cc1C1=C(CN2C(=O)O[C@H](c3cc(C)cc(C(F)(F)F)c3)[C@@H]2C)CC(C)(C)CC1. The molecule has 6 nitrogen and oxygen atoms in total. The number of rotatable bonds is 7. The Bertz CT molecular complexity index is 1400. The second-order valence-corrected chi connectivity index (χ2v) is 12.7. The quantitative estimate of drug-likeness (QED) is 0.328. The van der Waals surface area contributed by atoms with Gasteiger partial charge in [-0.05, 0) is 85.6 Å². The third-order valence-electron chi connectivity index (χ3n) is 8.40. The van der Waals surface area contributed by atoms with Gasteiger partial charge in [-0.2, -0.15) is 13.2 Å². The van der Waals surface area contributed by atoms with Crippen LogP contribution in [0.5, 0.6) is 5.75 Å². The number of carbonyl (C=O) groups excluding carboxylic acids is 2. The predicted molar refractivity (Wildman–Crippen MR) is 157 cm³/mol. The van der Waals surface area contributed by atoms with Gasteiger partial charge in [0.15, 0.2) is 0 Å². The fraction of sp³-hybridized carbons (Fsp3) is 0.515. The zero-order valence-corrected chi connectivity index (χ0v) is 25.7. The third kappa shape index (κ3) is 6.45. The number of aryl methyl sites for hydroxylation is 1. The van der Waals surface area contributed by atoms with E-state index in [-0.39, 0.29) is 23.8 Å². The van der Waals surface area contributed by atoms with Gasteiger partial charge in [-0.25, -0.2) is 4.79 Å². The minimum absolute atomic E-state index is 0.00500. The summed E-state index contributed by atoms with van der Waals surface area (Å²) in [5.74, 6) is 0.502. The van der Waals surface area contributed by atoms with Crippen molar-refractivity contribution < 1.29 is 32.2 Å². The summed E-state index contributed by atoms with van der Waals surface area (Å²) < 4.78 is 52.1. The van der Waals surface area contributed by atoms with E-state index in [1.165, 1.54) is 0 Å². The van der Waals surface area contributed by atoms with Crippen LogP contribution in [0.3, 0.4) is 0 Å². The van der Waals surface area contributed by atoms with E-state index in [2.05, 4.69) is 13.8 Å². The van der Waals surface area contributed by atoms with E-state index in [0.717, 1.165) is 53.8 Å². The number of benzene rings is 2. The molecule has 2 aromatic carbocycles. The minimum atomic E-state index is -4.50. The van der Waals surface area contributed by atoms with E-state index in [4.69, 9.17) is 9.47 Å². The normalized spacial score (nSPS) is 20.7. The molecule has 0 spiro atoms. The molecule has 4 rings (SSSR count). The first-order chi connectivity index (χ1) is 19.5. The summed E-state index contributed by atoms with van der Waals surface area (Å²) in [4.78, 5) is 29.2. The number of nitrogens with zero attached hydrogens (tertiary/aromatic N) is 2. The predicted octanol–water partition coefficient (Wildman–Crippen LogP) is 8.19. The maximum Gasteiger partial charge on any atom is 0.416 e. The summed E-state index contributed by atoms with van der Waals surface area (Å²) in [6, 6.07) is 9.01. The standard InChI is InChI=1S/C33H41F3N2O4/c1-19(2)30(39)37(7)25-9-10-28(41-8)27(16-25)26-11-12-32(5,6)17-23(26)18-38-21(4)29(42-31(38)40)22-13-20(3)14-24(15-22)33(34,35)36/h9-10,13-16,19,21,29H,11-12,17-18H2,1-8H3/t21-,29-/m0/s1. The molecule has 228 valence electrons. The van der Waals surface area contributed by atoms with Crippen molar-refractivity contribution in [1.82, 2.24) is 4.90 Å². The van der Waals surface area contributed by atoms with Crippen LogP contribution in [0.15, 0.2) is 42.0 Å². The highest BCUT2D eigenvalue weighted by Gasteiger charge is 2.42. The van der Waals surface area contributed by atoms with E-state index < -0.39 is 30.0 Å². The monoisotopic (exact) mass is 586 g/mol. The zero-order chi connectivity index (χ0) is 31.1. The largest absolute Gasteiger partial charge is 0.496 e. The first kappa shape index (κ1) is 31.4. The van der Waals surface area contributed by atoms with Crippen LogP contribution >= 0.6 is 0 Å². The summed E-state index contributed by atoms with van der Waals surface area (Å²) in [5, 5.41) is 0. The highest BCUT2D eigenvalue weighted by molar-refractivity contribution is 5.95. The molecule has 1 heterocycles. The van der Waals surface area contributed by atoms with Crippen molar-refractivity contribution in [2.45, 2.75) is 79.1 Å². The zero-order valence-electron chi connectivity index (χ0n) is 25.7. The number of methoxy groups -OCH3 is 1. The van der Waals surface area contributed by atoms with Gasteiger partial charge in [0.2, 0.25) is 5.91 Å². The molecule has 2 aromatic rings. The van der Waals surface area contributed by atoms with Gasteiger partial charge < -0.3 is 14.4 Å². The Hall–Kier alpha value is -3.49. The fourth-order valence-corrected chi connectivity index (χ4v) is 6.05. The van der Waals surface area contributed by atoms with Crippen LogP contribution in [0.4, 0.5) is 23.7 Å². The van der Waals surface area contributed by atoms with Crippen LogP contribution in [0.2, 0.25) is 0 Å². The lowest BCUT2D eigenvalue weighted by atomic mass is 9.72. The van der Waals surface area contributed by atoms with Gasteiger partial charge in [0.05, 0.1) is 18.7 Å². The van der Waals surface area contributed by atoms with Crippen molar-refractivity contribution in [3.05, 3.63) is 64.2 Å². The molecule has 1 fully saturated rings. The molecule has 0 unspecified atom stereocenters. The Morgan fingerprint density at radius 1 is 1.19 bits per heavy atom. The fourth-order valence-electron chi connectivity index (χ4n) is 6.05. The highest BCUT2D eigenvalue weighted by atomic mass is 19.4. The van der Waals surface area contributed by atoms with Crippen LogP contribution in [-0.2, 0) is 15.7 Å². The smallest absolute Gasteiger partial charge is 0.416 e. The molecule has 0 N–H and O–H groups in total. The number of amides is 2. The first-order valence-electron chi connectivity index (χ1n) is 14.4. The van der Waals surface area contributed by atoms with Crippen LogP contribution < -0.4 is 9.64 Å². The molecule has 0 saturated carbocycles. The van der Waals surface area contributed by atoms with Gasteiger partial charge in [-0.15, -0.1) is 0 Å². The first-order valence-corrected chi connectivity index (χ1v) is 14.4. The van der Waals surface area contributed by atoms with Gasteiger partial charge >= 0.3 is 12.3 Å². The Morgan fingerprint density at radius 2 is 1.88 bits per heavy atom. The number of alkyl halides is 3. The molecule has 2 amide bonds. The maximum atomic E-state index is 13.5. The molecule has 0 bridgehead atoms. The second-order valence-electron chi connectivity index (χ2n) is 12.7. The van der Waals surface area contributed by atoms with E-state index in [1.807, 2.05) is 39.0 Å². The molecule has 2 atom stereocenters. The van der Waals surface area contributed by atoms with Crippen molar-refractivity contribution >= 4 is 23.3 Å². The number of allylic oxidation sites excluding steroid dienone is 1. The van der Waals surface area contributed by atoms with E-state index >= 15 is 0 Å². The molecule has 1 aliphatic carbocycles. The average molecular weight is 587 g/mol. The summed E-state index contributed by atoms with van der Waals surface area (Å²) in [7, 11) is 3.36. The summed E-state index contributed by atoms with van der Waals surface area (Å²) in [6.07, 6.45) is -3.49. The number of cyclic esters (lactones) is 1. The topological polar surface area (TPSA) is 59.1 Å². The summed E-state index contributed by atoms with van der Waals surface area (Å²) in [6.45, 7) is 11.8. The van der Waals surface area contributed by atoms with Crippen molar-refractivity contribution in [3.8, 4) is 5.75 Å². The van der Waals surface area contributed by atoms with Gasteiger partial charge in [0, 0.05) is 30.8 Å². The number of ether oxygens (including phenoxy) is 2. The van der Waals surface area contributed by atoms with Gasteiger partial charge in [0.1, 0.15) is 11.9 Å². The summed E-state index contributed by atoms with van der Waals surface area (Å²) >= 11 is 0. The number of hydrogen-bond donors (Lipinski definition) is 0. The average Bonchev–Trinajstić information content (AvgIpc) is 3.19. The van der Waals surface area contributed by atoms with E-state index in [0.29, 0.717) is 16.9 Å². The molecule has 9 heteroatoms. The number of hydrogen-bond acceptors (Lipinski definition) is 4. The molecule has 2 aliphatic rings. The minimum Gasteiger partial charge on any atom is -0.496 e. The maximum absolute atomic E-state index is 13.5. The Morgan fingerprint density at radius 3 is 2.50 bits per heavy atom. The number of anilines is 1. The highest BCUT2D eigenvalue weighted by Crippen LogP contribution is 2.46. The van der Waals surface area contributed by atoms with Crippen LogP contribution in [0.25, 0.3) is 5.57 Å². The number of carbonyl (C=O) groups is 2.